The van der Waals surface area contributed by atoms with Crippen LogP contribution < -0.4 is 15.5 Å². The smallest absolute Gasteiger partial charge is 0.246 e. The molecule has 26 heavy (non-hydrogen) atoms. The molecule has 6 heteroatoms. The van der Waals surface area contributed by atoms with Gasteiger partial charge in [-0.2, -0.15) is 0 Å². The Morgan fingerprint density at radius 2 is 2.00 bits per heavy atom. The second kappa shape index (κ2) is 7.79. The molecule has 0 saturated carbocycles. The van der Waals surface area contributed by atoms with Crippen LogP contribution in [0.4, 0.5) is 17.1 Å². The van der Waals surface area contributed by atoms with Crippen LogP contribution in [0.1, 0.15) is 25.3 Å². The van der Waals surface area contributed by atoms with Crippen molar-refractivity contribution in [3.8, 4) is 0 Å². The molecule has 2 aromatic carbocycles. The van der Waals surface area contributed by atoms with E-state index in [1.165, 1.54) is 0 Å². The van der Waals surface area contributed by atoms with E-state index in [4.69, 9.17) is 11.6 Å². The van der Waals surface area contributed by atoms with Crippen LogP contribution in [0.15, 0.2) is 42.5 Å². The van der Waals surface area contributed by atoms with Crippen molar-refractivity contribution in [1.29, 1.82) is 0 Å². The molecule has 1 atom stereocenters. The summed E-state index contributed by atoms with van der Waals surface area (Å²) in [6, 6.07) is 12.4. The van der Waals surface area contributed by atoms with Crippen molar-refractivity contribution in [2.45, 2.75) is 32.7 Å². The molecule has 2 N–H and O–H groups in total. The van der Waals surface area contributed by atoms with Crippen LogP contribution in [0.2, 0.25) is 5.02 Å². The van der Waals surface area contributed by atoms with Crippen molar-refractivity contribution in [3.63, 3.8) is 0 Å². The Morgan fingerprint density at radius 3 is 2.65 bits per heavy atom. The summed E-state index contributed by atoms with van der Waals surface area (Å²) >= 11 is 5.94. The SMILES string of the molecule is Cc1cc(NC(C)C(=O)Nc2cccc(Cl)c2)ccc1N1CCCC1=O. The fourth-order valence-corrected chi connectivity index (χ4v) is 3.27. The number of amides is 2. The first-order chi connectivity index (χ1) is 12.4. The molecule has 0 aromatic heterocycles. The fourth-order valence-electron chi connectivity index (χ4n) is 3.08. The average molecular weight is 372 g/mol. The van der Waals surface area contributed by atoms with Gasteiger partial charge < -0.3 is 15.5 Å². The van der Waals surface area contributed by atoms with E-state index >= 15 is 0 Å². The normalized spacial score (nSPS) is 15.0. The molecule has 1 saturated heterocycles. The monoisotopic (exact) mass is 371 g/mol. The summed E-state index contributed by atoms with van der Waals surface area (Å²) in [5.74, 6) is 0.0202. The molecule has 0 aliphatic carbocycles. The van der Waals surface area contributed by atoms with E-state index < -0.39 is 6.04 Å². The lowest BCUT2D eigenvalue weighted by Gasteiger charge is -2.20. The molecule has 0 spiro atoms. The zero-order valence-electron chi connectivity index (χ0n) is 14.9. The minimum Gasteiger partial charge on any atom is -0.374 e. The maximum absolute atomic E-state index is 12.4. The highest BCUT2D eigenvalue weighted by atomic mass is 35.5. The average Bonchev–Trinajstić information content (AvgIpc) is 3.01. The first-order valence-electron chi connectivity index (χ1n) is 8.68. The van der Waals surface area contributed by atoms with Gasteiger partial charge in [0.25, 0.3) is 0 Å². The number of carbonyl (C=O) groups is 2. The first-order valence-corrected chi connectivity index (χ1v) is 9.06. The van der Waals surface area contributed by atoms with E-state index in [9.17, 15) is 9.59 Å². The highest BCUT2D eigenvalue weighted by Gasteiger charge is 2.23. The summed E-state index contributed by atoms with van der Waals surface area (Å²) in [6.45, 7) is 4.54. The number of rotatable bonds is 5. The molecule has 2 aromatic rings. The third kappa shape index (κ3) is 4.17. The van der Waals surface area contributed by atoms with Crippen molar-refractivity contribution in [3.05, 3.63) is 53.1 Å². The van der Waals surface area contributed by atoms with Gasteiger partial charge in [0.1, 0.15) is 6.04 Å². The molecule has 1 aliphatic heterocycles. The minimum atomic E-state index is -0.423. The Labute approximate surface area is 158 Å². The van der Waals surface area contributed by atoms with Crippen LogP contribution in [0.3, 0.4) is 0 Å². The van der Waals surface area contributed by atoms with Crippen LogP contribution in [-0.4, -0.2) is 24.4 Å². The molecule has 1 fully saturated rings. The van der Waals surface area contributed by atoms with Crippen molar-refractivity contribution < 1.29 is 9.59 Å². The first kappa shape index (κ1) is 18.3. The second-order valence-electron chi connectivity index (χ2n) is 6.52. The highest BCUT2D eigenvalue weighted by molar-refractivity contribution is 6.30. The molecule has 2 amide bonds. The van der Waals surface area contributed by atoms with Crippen molar-refractivity contribution in [2.75, 3.05) is 22.1 Å². The van der Waals surface area contributed by atoms with Gasteiger partial charge in [0.05, 0.1) is 0 Å². The third-order valence-electron chi connectivity index (χ3n) is 4.43. The van der Waals surface area contributed by atoms with Gasteiger partial charge in [0.2, 0.25) is 11.8 Å². The lowest BCUT2D eigenvalue weighted by molar-refractivity contribution is -0.117. The number of benzene rings is 2. The van der Waals surface area contributed by atoms with Crippen LogP contribution in [0.5, 0.6) is 0 Å². The van der Waals surface area contributed by atoms with E-state index in [1.807, 2.05) is 30.0 Å². The van der Waals surface area contributed by atoms with Gasteiger partial charge in [-0.25, -0.2) is 0 Å². The molecule has 136 valence electrons. The molecular weight excluding hydrogens is 350 g/mol. The quantitative estimate of drug-likeness (QED) is 0.827. The maximum Gasteiger partial charge on any atom is 0.246 e. The van der Waals surface area contributed by atoms with Gasteiger partial charge >= 0.3 is 0 Å². The number of anilines is 3. The largest absolute Gasteiger partial charge is 0.374 e. The second-order valence-corrected chi connectivity index (χ2v) is 6.95. The van der Waals surface area contributed by atoms with Crippen LogP contribution in [0.25, 0.3) is 0 Å². The van der Waals surface area contributed by atoms with Gasteiger partial charge in [-0.1, -0.05) is 17.7 Å². The number of aryl methyl sites for hydroxylation is 1. The molecule has 1 heterocycles. The van der Waals surface area contributed by atoms with E-state index in [0.717, 1.165) is 29.9 Å². The summed E-state index contributed by atoms with van der Waals surface area (Å²) in [4.78, 5) is 26.1. The Hall–Kier alpha value is -2.53. The zero-order valence-corrected chi connectivity index (χ0v) is 15.6. The number of carbonyl (C=O) groups excluding carboxylic acids is 2. The fraction of sp³-hybridized carbons (Fsp3) is 0.300. The van der Waals surface area contributed by atoms with Gasteiger partial charge in [0, 0.05) is 35.1 Å². The number of nitrogens with one attached hydrogen (secondary N) is 2. The third-order valence-corrected chi connectivity index (χ3v) is 4.66. The molecule has 0 bridgehead atoms. The predicted molar refractivity (Wildman–Crippen MR) is 106 cm³/mol. The number of halogens is 1. The number of nitrogens with zero attached hydrogens (tertiary/aromatic N) is 1. The minimum absolute atomic E-state index is 0.149. The van der Waals surface area contributed by atoms with E-state index in [-0.39, 0.29) is 11.8 Å². The molecule has 3 rings (SSSR count). The Morgan fingerprint density at radius 1 is 1.19 bits per heavy atom. The summed E-state index contributed by atoms with van der Waals surface area (Å²) in [5.41, 5.74) is 3.45. The van der Waals surface area contributed by atoms with Crippen molar-refractivity contribution >= 4 is 40.5 Å². The summed E-state index contributed by atoms with van der Waals surface area (Å²) < 4.78 is 0. The standard InChI is InChI=1S/C20H22ClN3O2/c1-13-11-17(8-9-18(13)24-10-4-7-19(24)25)22-14(2)20(26)23-16-6-3-5-15(21)12-16/h3,5-6,8-9,11-12,14,22H,4,7,10H2,1-2H3,(H,23,26). The van der Waals surface area contributed by atoms with Gasteiger partial charge in [-0.15, -0.1) is 0 Å². The topological polar surface area (TPSA) is 61.4 Å². The number of hydrogen-bond acceptors (Lipinski definition) is 3. The molecule has 5 nitrogen and oxygen atoms in total. The molecule has 1 unspecified atom stereocenters. The Bertz CT molecular complexity index is 838. The van der Waals surface area contributed by atoms with Gasteiger partial charge in [-0.3, -0.25) is 9.59 Å². The summed E-state index contributed by atoms with van der Waals surface area (Å²) in [7, 11) is 0. The van der Waals surface area contributed by atoms with E-state index in [2.05, 4.69) is 10.6 Å². The van der Waals surface area contributed by atoms with Crippen molar-refractivity contribution in [2.24, 2.45) is 0 Å². The lowest BCUT2D eigenvalue weighted by atomic mass is 10.1. The van der Waals surface area contributed by atoms with Crippen LogP contribution in [-0.2, 0) is 9.59 Å². The summed E-state index contributed by atoms with van der Waals surface area (Å²) in [6.07, 6.45) is 1.51. The van der Waals surface area contributed by atoms with Crippen LogP contribution in [0, 0.1) is 6.92 Å². The van der Waals surface area contributed by atoms with E-state index in [1.54, 1.807) is 31.2 Å². The molecule has 1 aliphatic rings. The lowest BCUT2D eigenvalue weighted by Crippen LogP contribution is -2.32. The van der Waals surface area contributed by atoms with E-state index in [0.29, 0.717) is 17.1 Å². The van der Waals surface area contributed by atoms with Gasteiger partial charge in [-0.05, 0) is 62.2 Å². The highest BCUT2D eigenvalue weighted by Crippen LogP contribution is 2.27. The molecular formula is C20H22ClN3O2. The summed E-state index contributed by atoms with van der Waals surface area (Å²) in [5, 5.41) is 6.61. The zero-order chi connectivity index (χ0) is 18.7. The number of hydrogen-bond donors (Lipinski definition) is 2. The van der Waals surface area contributed by atoms with Gasteiger partial charge in [0.15, 0.2) is 0 Å². The predicted octanol–water partition coefficient (Wildman–Crippen LogP) is 4.21. The van der Waals surface area contributed by atoms with Crippen molar-refractivity contribution in [1.82, 2.24) is 0 Å². The van der Waals surface area contributed by atoms with Crippen LogP contribution >= 0.6 is 11.6 Å². The Kier molecular flexibility index (Phi) is 5.47. The maximum atomic E-state index is 12.4. The molecule has 0 radical (unpaired) electrons. The Balaban J connectivity index is 1.65.